The molecule has 0 fully saturated rings. The third kappa shape index (κ3) is 5.28. The lowest BCUT2D eigenvalue weighted by Crippen LogP contribution is -2.00. The van der Waals surface area contributed by atoms with E-state index < -0.39 is 5.97 Å². The van der Waals surface area contributed by atoms with Crippen LogP contribution in [0.15, 0.2) is 60.0 Å². The number of para-hydroxylation sites is 1. The van der Waals surface area contributed by atoms with E-state index in [9.17, 15) is 4.79 Å². The maximum Gasteiger partial charge on any atom is 0.331 e. The predicted molar refractivity (Wildman–Crippen MR) is 116 cm³/mol. The summed E-state index contributed by atoms with van der Waals surface area (Å²) in [6, 6.07) is 15.4. The molecule has 0 radical (unpaired) electrons. The average molecular weight is 423 g/mol. The Morgan fingerprint density at radius 2 is 1.90 bits per heavy atom. The van der Waals surface area contributed by atoms with Crippen molar-refractivity contribution in [1.82, 2.24) is 9.97 Å². The Labute approximate surface area is 176 Å². The maximum absolute atomic E-state index is 12.0. The molecule has 4 rings (SSSR count). The number of hydrogen-bond acceptors (Lipinski definition) is 7. The molecule has 0 aliphatic carbocycles. The first-order chi connectivity index (χ1) is 14.2. The van der Waals surface area contributed by atoms with Gasteiger partial charge in [0.05, 0.1) is 20.9 Å². The van der Waals surface area contributed by atoms with Crippen molar-refractivity contribution in [2.75, 3.05) is 0 Å². The van der Waals surface area contributed by atoms with Crippen molar-refractivity contribution in [3.63, 3.8) is 0 Å². The average Bonchev–Trinajstić information content (AvgIpc) is 3.35. The molecule has 29 heavy (non-hydrogen) atoms. The van der Waals surface area contributed by atoms with E-state index in [1.165, 1.54) is 17.4 Å². The molecule has 0 amide bonds. The minimum Gasteiger partial charge on any atom is -0.487 e. The Hall–Kier alpha value is -3.03. The van der Waals surface area contributed by atoms with Crippen molar-refractivity contribution in [2.24, 2.45) is 0 Å². The molecule has 0 unspecified atom stereocenters. The largest absolute Gasteiger partial charge is 0.487 e. The van der Waals surface area contributed by atoms with Crippen molar-refractivity contribution in [1.29, 1.82) is 0 Å². The van der Waals surface area contributed by atoms with Crippen LogP contribution < -0.4 is 4.74 Å². The van der Waals surface area contributed by atoms with Crippen LogP contribution in [0.25, 0.3) is 16.3 Å². The molecule has 0 aliphatic rings. The van der Waals surface area contributed by atoms with Gasteiger partial charge in [0.1, 0.15) is 24.0 Å². The highest BCUT2D eigenvalue weighted by molar-refractivity contribution is 7.18. The smallest absolute Gasteiger partial charge is 0.331 e. The zero-order chi connectivity index (χ0) is 20.1. The molecule has 2 aromatic carbocycles. The number of aromatic nitrogens is 2. The van der Waals surface area contributed by atoms with Crippen LogP contribution in [-0.4, -0.2) is 15.9 Å². The first-order valence-corrected chi connectivity index (χ1v) is 10.7. The van der Waals surface area contributed by atoms with Gasteiger partial charge in [0, 0.05) is 11.5 Å². The van der Waals surface area contributed by atoms with Crippen molar-refractivity contribution < 1.29 is 14.3 Å². The molecule has 0 bridgehead atoms. The number of hydrogen-bond donors (Lipinski definition) is 0. The molecule has 0 saturated heterocycles. The fraction of sp³-hybridized carbons (Fsp3) is 0.136. The van der Waals surface area contributed by atoms with Gasteiger partial charge in [0.25, 0.3) is 0 Å². The quantitative estimate of drug-likeness (QED) is 0.295. The maximum atomic E-state index is 12.0. The van der Waals surface area contributed by atoms with E-state index in [0.717, 1.165) is 37.2 Å². The minimum absolute atomic E-state index is 0.172. The number of thiazole rings is 2. The van der Waals surface area contributed by atoms with Gasteiger partial charge in [-0.05, 0) is 42.8 Å². The lowest BCUT2D eigenvalue weighted by molar-refractivity contribution is -0.138. The van der Waals surface area contributed by atoms with Gasteiger partial charge in [-0.25, -0.2) is 14.8 Å². The fourth-order valence-corrected chi connectivity index (χ4v) is 4.11. The Bertz CT molecular complexity index is 1110. The van der Waals surface area contributed by atoms with Gasteiger partial charge >= 0.3 is 5.97 Å². The summed E-state index contributed by atoms with van der Waals surface area (Å²) in [6.07, 6.45) is 3.13. The van der Waals surface area contributed by atoms with Gasteiger partial charge in [-0.1, -0.05) is 24.3 Å². The highest BCUT2D eigenvalue weighted by Crippen LogP contribution is 2.22. The van der Waals surface area contributed by atoms with Crippen LogP contribution in [0.3, 0.4) is 0 Å². The van der Waals surface area contributed by atoms with E-state index in [1.54, 1.807) is 17.4 Å². The summed E-state index contributed by atoms with van der Waals surface area (Å²) in [5.74, 6) is 0.356. The first kappa shape index (κ1) is 19.3. The second-order valence-corrected chi connectivity index (χ2v) is 8.41. The Morgan fingerprint density at radius 1 is 1.07 bits per heavy atom. The summed E-state index contributed by atoms with van der Waals surface area (Å²) >= 11 is 3.14. The molecule has 0 aliphatic heterocycles. The SMILES string of the molecule is Cc1nc(COc2ccc(/C=C/C(=O)OCc3nc4ccccc4s3)cc2)cs1. The molecule has 146 valence electrons. The molecule has 7 heteroatoms. The summed E-state index contributed by atoms with van der Waals surface area (Å²) in [6.45, 7) is 2.59. The van der Waals surface area contributed by atoms with Crippen LogP contribution in [0.2, 0.25) is 0 Å². The number of aryl methyl sites for hydroxylation is 1. The molecule has 0 atom stereocenters. The lowest BCUT2D eigenvalue weighted by atomic mass is 10.2. The van der Waals surface area contributed by atoms with Crippen LogP contribution in [0.4, 0.5) is 0 Å². The second-order valence-electron chi connectivity index (χ2n) is 6.23. The van der Waals surface area contributed by atoms with E-state index in [2.05, 4.69) is 9.97 Å². The van der Waals surface area contributed by atoms with Crippen LogP contribution in [0, 0.1) is 6.92 Å². The molecule has 2 aromatic heterocycles. The van der Waals surface area contributed by atoms with Crippen molar-refractivity contribution in [2.45, 2.75) is 20.1 Å². The highest BCUT2D eigenvalue weighted by atomic mass is 32.1. The van der Waals surface area contributed by atoms with Gasteiger partial charge < -0.3 is 9.47 Å². The fourth-order valence-electron chi connectivity index (χ4n) is 2.63. The van der Waals surface area contributed by atoms with Gasteiger partial charge in [-0.15, -0.1) is 22.7 Å². The Morgan fingerprint density at radius 3 is 2.66 bits per heavy atom. The van der Waals surface area contributed by atoms with Gasteiger partial charge in [-0.2, -0.15) is 0 Å². The molecule has 2 heterocycles. The standard InChI is InChI=1S/C22H18N2O3S2/c1-15-23-17(14-28-15)12-26-18-9-6-16(7-10-18)8-11-22(25)27-13-21-24-19-4-2-3-5-20(19)29-21/h2-11,14H,12-13H2,1H3/b11-8+. The Kier molecular flexibility index (Phi) is 5.97. The van der Waals surface area contributed by atoms with Crippen molar-refractivity contribution in [3.05, 3.63) is 81.3 Å². The van der Waals surface area contributed by atoms with Crippen LogP contribution in [0.5, 0.6) is 5.75 Å². The van der Waals surface area contributed by atoms with Gasteiger partial charge in [-0.3, -0.25) is 0 Å². The number of carbonyl (C=O) groups excluding carboxylic acids is 1. The van der Waals surface area contributed by atoms with Crippen molar-refractivity contribution in [3.8, 4) is 5.75 Å². The number of nitrogens with zero attached hydrogens (tertiary/aromatic N) is 2. The number of ether oxygens (including phenoxy) is 2. The number of esters is 1. The van der Waals surface area contributed by atoms with Crippen molar-refractivity contribution >= 4 is 44.9 Å². The van der Waals surface area contributed by atoms with E-state index in [4.69, 9.17) is 9.47 Å². The lowest BCUT2D eigenvalue weighted by Gasteiger charge is -2.04. The van der Waals surface area contributed by atoms with E-state index >= 15 is 0 Å². The van der Waals surface area contributed by atoms with Crippen LogP contribution >= 0.6 is 22.7 Å². The number of fused-ring (bicyclic) bond motifs is 1. The second kappa shape index (κ2) is 8.98. The molecule has 0 spiro atoms. The summed E-state index contributed by atoms with van der Waals surface area (Å²) in [4.78, 5) is 20.8. The zero-order valence-corrected chi connectivity index (χ0v) is 17.3. The third-order valence-corrected chi connectivity index (χ3v) is 5.85. The molecule has 0 saturated carbocycles. The highest BCUT2D eigenvalue weighted by Gasteiger charge is 2.05. The van der Waals surface area contributed by atoms with E-state index in [-0.39, 0.29) is 6.61 Å². The summed E-state index contributed by atoms with van der Waals surface area (Å²) in [7, 11) is 0. The van der Waals surface area contributed by atoms with E-state index in [1.807, 2.05) is 60.8 Å². The van der Waals surface area contributed by atoms with Crippen LogP contribution in [-0.2, 0) is 22.7 Å². The first-order valence-electron chi connectivity index (χ1n) is 8.99. The summed E-state index contributed by atoms with van der Waals surface area (Å²) < 4.78 is 12.1. The predicted octanol–water partition coefficient (Wildman–Crippen LogP) is 5.40. The molecule has 5 nitrogen and oxygen atoms in total. The van der Waals surface area contributed by atoms with E-state index in [0.29, 0.717) is 6.61 Å². The zero-order valence-electron chi connectivity index (χ0n) is 15.7. The minimum atomic E-state index is -0.400. The number of benzene rings is 2. The molecule has 0 N–H and O–H groups in total. The molecular formula is C22H18N2O3S2. The normalized spacial score (nSPS) is 11.2. The number of rotatable bonds is 7. The topological polar surface area (TPSA) is 61.3 Å². The molecule has 4 aromatic rings. The number of carbonyl (C=O) groups is 1. The Balaban J connectivity index is 1.27. The van der Waals surface area contributed by atoms with Gasteiger partial charge in [0.2, 0.25) is 0 Å². The third-order valence-electron chi connectivity index (χ3n) is 4.02. The van der Waals surface area contributed by atoms with Crippen LogP contribution in [0.1, 0.15) is 21.3 Å². The summed E-state index contributed by atoms with van der Waals surface area (Å²) in [5, 5.41) is 3.80. The van der Waals surface area contributed by atoms with Gasteiger partial charge in [0.15, 0.2) is 0 Å². The molecular weight excluding hydrogens is 404 g/mol. The summed E-state index contributed by atoms with van der Waals surface area (Å²) in [5.41, 5.74) is 2.73. The monoisotopic (exact) mass is 422 g/mol.